The molecular weight excluding hydrogens is 293 g/mol. The van der Waals surface area contributed by atoms with E-state index in [0.29, 0.717) is 10.0 Å². The molecule has 0 spiro atoms. The Bertz CT molecular complexity index is 586. The van der Waals surface area contributed by atoms with Gasteiger partial charge in [-0.3, -0.25) is 0 Å². The highest BCUT2D eigenvalue weighted by molar-refractivity contribution is 6.42. The van der Waals surface area contributed by atoms with Crippen LogP contribution < -0.4 is 10.1 Å². The molecule has 4 heteroatoms. The van der Waals surface area contributed by atoms with Gasteiger partial charge in [-0.2, -0.15) is 0 Å². The first-order valence-corrected chi connectivity index (χ1v) is 7.17. The maximum absolute atomic E-state index is 6.04. The van der Waals surface area contributed by atoms with Crippen molar-refractivity contribution in [2.45, 2.75) is 19.5 Å². The zero-order chi connectivity index (χ0) is 14.5. The van der Waals surface area contributed by atoms with E-state index in [1.165, 1.54) is 0 Å². The Morgan fingerprint density at radius 1 is 1.10 bits per heavy atom. The van der Waals surface area contributed by atoms with Gasteiger partial charge in [0, 0.05) is 18.2 Å². The second-order valence-electron chi connectivity index (χ2n) is 4.59. The lowest BCUT2D eigenvalue weighted by atomic mass is 10.1. The van der Waals surface area contributed by atoms with Crippen LogP contribution in [-0.4, -0.2) is 7.11 Å². The van der Waals surface area contributed by atoms with Gasteiger partial charge in [-0.1, -0.05) is 47.5 Å². The lowest BCUT2D eigenvalue weighted by molar-refractivity contribution is 0.406. The zero-order valence-corrected chi connectivity index (χ0v) is 13.0. The Morgan fingerprint density at radius 3 is 2.55 bits per heavy atom. The van der Waals surface area contributed by atoms with Crippen molar-refractivity contribution in [3.8, 4) is 5.75 Å². The summed E-state index contributed by atoms with van der Waals surface area (Å²) < 4.78 is 5.34. The van der Waals surface area contributed by atoms with Crippen LogP contribution in [-0.2, 0) is 6.54 Å². The van der Waals surface area contributed by atoms with Crippen LogP contribution in [0.5, 0.6) is 5.75 Å². The van der Waals surface area contributed by atoms with Crippen LogP contribution in [0.15, 0.2) is 42.5 Å². The number of methoxy groups -OCH3 is 1. The van der Waals surface area contributed by atoms with E-state index in [9.17, 15) is 0 Å². The average molecular weight is 310 g/mol. The van der Waals surface area contributed by atoms with Crippen molar-refractivity contribution in [1.29, 1.82) is 0 Å². The molecule has 2 rings (SSSR count). The fourth-order valence-corrected chi connectivity index (χ4v) is 2.32. The number of nitrogens with one attached hydrogen (secondary N) is 1. The molecule has 1 atom stereocenters. The molecule has 0 bridgehead atoms. The number of hydrogen-bond acceptors (Lipinski definition) is 2. The summed E-state index contributed by atoms with van der Waals surface area (Å²) in [6.45, 7) is 2.82. The van der Waals surface area contributed by atoms with Crippen molar-refractivity contribution in [2.24, 2.45) is 0 Å². The number of rotatable bonds is 5. The zero-order valence-electron chi connectivity index (χ0n) is 11.5. The van der Waals surface area contributed by atoms with Gasteiger partial charge in [0.25, 0.3) is 0 Å². The molecular formula is C16H17Cl2NO. The van der Waals surface area contributed by atoms with E-state index in [4.69, 9.17) is 27.9 Å². The first-order chi connectivity index (χ1) is 9.61. The summed E-state index contributed by atoms with van der Waals surface area (Å²) in [6, 6.07) is 13.8. The number of benzene rings is 2. The van der Waals surface area contributed by atoms with Crippen LogP contribution in [0, 0.1) is 0 Å². The summed E-state index contributed by atoms with van der Waals surface area (Å²) in [6.07, 6.45) is 0. The van der Waals surface area contributed by atoms with Crippen LogP contribution in [0.1, 0.15) is 24.1 Å². The molecule has 0 radical (unpaired) electrons. The Labute approximate surface area is 129 Å². The van der Waals surface area contributed by atoms with Crippen molar-refractivity contribution >= 4 is 23.2 Å². The summed E-state index contributed by atoms with van der Waals surface area (Å²) in [4.78, 5) is 0. The lowest BCUT2D eigenvalue weighted by Crippen LogP contribution is -2.18. The number of ether oxygens (including phenoxy) is 1. The van der Waals surface area contributed by atoms with Crippen molar-refractivity contribution < 1.29 is 4.74 Å². The first kappa shape index (κ1) is 15.2. The monoisotopic (exact) mass is 309 g/mol. The maximum atomic E-state index is 6.04. The fraction of sp³-hybridized carbons (Fsp3) is 0.250. The van der Waals surface area contributed by atoms with Gasteiger partial charge in [-0.15, -0.1) is 0 Å². The highest BCUT2D eigenvalue weighted by atomic mass is 35.5. The minimum Gasteiger partial charge on any atom is -0.496 e. The Morgan fingerprint density at radius 2 is 1.85 bits per heavy atom. The number of halogens is 2. The molecule has 106 valence electrons. The molecule has 0 aliphatic rings. The summed E-state index contributed by atoms with van der Waals surface area (Å²) in [5.41, 5.74) is 2.23. The molecule has 2 aromatic rings. The topological polar surface area (TPSA) is 21.3 Å². The van der Waals surface area contributed by atoms with Crippen LogP contribution in [0.2, 0.25) is 10.0 Å². The maximum Gasteiger partial charge on any atom is 0.123 e. The molecule has 0 aliphatic carbocycles. The lowest BCUT2D eigenvalue weighted by Gasteiger charge is -2.16. The average Bonchev–Trinajstić information content (AvgIpc) is 2.47. The number of para-hydroxylation sites is 1. The Kier molecular flexibility index (Phi) is 5.30. The summed E-state index contributed by atoms with van der Waals surface area (Å²) in [5.74, 6) is 0.890. The molecule has 0 fully saturated rings. The van der Waals surface area contributed by atoms with Gasteiger partial charge < -0.3 is 10.1 Å². The second kappa shape index (κ2) is 6.98. The van der Waals surface area contributed by atoms with E-state index in [2.05, 4.69) is 12.2 Å². The van der Waals surface area contributed by atoms with Crippen LogP contribution >= 0.6 is 23.2 Å². The summed E-state index contributed by atoms with van der Waals surface area (Å²) in [7, 11) is 1.68. The quantitative estimate of drug-likeness (QED) is 0.852. The predicted octanol–water partition coefficient (Wildman–Crippen LogP) is 4.85. The summed E-state index contributed by atoms with van der Waals surface area (Å²) >= 11 is 12.0. The van der Waals surface area contributed by atoms with Crippen molar-refractivity contribution in [3.63, 3.8) is 0 Å². The van der Waals surface area contributed by atoms with Gasteiger partial charge >= 0.3 is 0 Å². The molecule has 0 heterocycles. The van der Waals surface area contributed by atoms with Gasteiger partial charge in [-0.25, -0.2) is 0 Å². The highest BCUT2D eigenvalue weighted by Crippen LogP contribution is 2.26. The van der Waals surface area contributed by atoms with Crippen molar-refractivity contribution in [3.05, 3.63) is 63.6 Å². The molecule has 0 amide bonds. The van der Waals surface area contributed by atoms with Gasteiger partial charge in [-0.05, 0) is 30.7 Å². The van der Waals surface area contributed by atoms with E-state index in [1.807, 2.05) is 42.5 Å². The Hall–Kier alpha value is -1.22. The van der Waals surface area contributed by atoms with E-state index >= 15 is 0 Å². The molecule has 20 heavy (non-hydrogen) atoms. The third-order valence-corrected chi connectivity index (χ3v) is 3.97. The number of hydrogen-bond donors (Lipinski definition) is 1. The van der Waals surface area contributed by atoms with E-state index in [0.717, 1.165) is 23.4 Å². The molecule has 0 aliphatic heterocycles. The minimum atomic E-state index is 0.176. The molecule has 0 aromatic heterocycles. The largest absolute Gasteiger partial charge is 0.496 e. The minimum absolute atomic E-state index is 0.176. The van der Waals surface area contributed by atoms with Gasteiger partial charge in [0.05, 0.1) is 17.2 Å². The van der Waals surface area contributed by atoms with E-state index in [1.54, 1.807) is 7.11 Å². The first-order valence-electron chi connectivity index (χ1n) is 6.42. The molecule has 0 saturated carbocycles. The fourth-order valence-electron chi connectivity index (χ4n) is 2.01. The van der Waals surface area contributed by atoms with Crippen LogP contribution in [0.25, 0.3) is 0 Å². The van der Waals surface area contributed by atoms with Gasteiger partial charge in [0.15, 0.2) is 0 Å². The summed E-state index contributed by atoms with van der Waals surface area (Å²) in [5, 5.41) is 4.61. The molecule has 1 N–H and O–H groups in total. The molecule has 1 unspecified atom stereocenters. The predicted molar refractivity (Wildman–Crippen MR) is 84.7 cm³/mol. The van der Waals surface area contributed by atoms with Crippen molar-refractivity contribution in [2.75, 3.05) is 7.11 Å². The second-order valence-corrected chi connectivity index (χ2v) is 5.40. The smallest absolute Gasteiger partial charge is 0.123 e. The normalized spacial score (nSPS) is 12.2. The Balaban J connectivity index is 2.04. The third kappa shape index (κ3) is 3.66. The molecule has 0 saturated heterocycles. The SMILES string of the molecule is COc1ccccc1CNC(C)c1ccc(Cl)c(Cl)c1. The van der Waals surface area contributed by atoms with Gasteiger partial charge in [0.1, 0.15) is 5.75 Å². The van der Waals surface area contributed by atoms with Gasteiger partial charge in [0.2, 0.25) is 0 Å². The van der Waals surface area contributed by atoms with Crippen LogP contribution in [0.4, 0.5) is 0 Å². The third-order valence-electron chi connectivity index (χ3n) is 3.23. The molecule has 2 aromatic carbocycles. The highest BCUT2D eigenvalue weighted by Gasteiger charge is 2.08. The van der Waals surface area contributed by atoms with Crippen molar-refractivity contribution in [1.82, 2.24) is 5.32 Å². The van der Waals surface area contributed by atoms with E-state index < -0.39 is 0 Å². The van der Waals surface area contributed by atoms with Crippen LogP contribution in [0.3, 0.4) is 0 Å². The standard InChI is InChI=1S/C16H17Cl2NO/c1-11(12-7-8-14(17)15(18)9-12)19-10-13-5-3-4-6-16(13)20-2/h3-9,11,19H,10H2,1-2H3. The van der Waals surface area contributed by atoms with E-state index in [-0.39, 0.29) is 6.04 Å². The molecule has 2 nitrogen and oxygen atoms in total.